The van der Waals surface area contributed by atoms with E-state index in [0.717, 1.165) is 0 Å². The van der Waals surface area contributed by atoms with Gasteiger partial charge in [0, 0.05) is 83.3 Å². The highest BCUT2D eigenvalue weighted by Crippen LogP contribution is 2.43. The Balaban J connectivity index is -0.000000572. The van der Waals surface area contributed by atoms with Gasteiger partial charge in [0.15, 0.2) is 0 Å². The lowest BCUT2D eigenvalue weighted by Gasteiger charge is -2.37. The molecule has 0 heterocycles. The molecular weight excluding hydrogens is 1900 g/mol. The molecule has 0 saturated carbocycles. The van der Waals surface area contributed by atoms with Crippen LogP contribution in [0.25, 0.3) is 0 Å². The summed E-state index contributed by atoms with van der Waals surface area (Å²) in [6.07, 6.45) is 1.66. The molecule has 0 N–H and O–H groups in total. The molecule has 0 fully saturated rings. The molecule has 0 bridgehead atoms. The lowest BCUT2D eigenvalue weighted by molar-refractivity contribution is -0.890. The van der Waals surface area contributed by atoms with Gasteiger partial charge in [-0.15, -0.1) is 0 Å². The van der Waals surface area contributed by atoms with Gasteiger partial charge in [0.25, 0.3) is 0 Å². The van der Waals surface area contributed by atoms with Crippen LogP contribution in [0.1, 0.15) is 344 Å². The molecule has 0 aliphatic heterocycles. The monoisotopic (exact) mass is 2120 g/mol. The summed E-state index contributed by atoms with van der Waals surface area (Å²) in [5.41, 5.74) is -4.46. The standard InChI is InChI=1S/C30H57NO6.C27H51NO6.C24H45NO6.C15H31NO5S.C14H29NO5S/c1-25(2,3)28(10,11)22(32)35-19-16-31(17-20-36-23(33)29(12,13)26(4,5)6)18-21-37-24(34)30(14,15)27(7,8)9;1-19(25(4,5)6)22(29)32-16-13-28(14-17-33-23(30)20(2)26(7,8)9)15-18-34-24(31)21(3)27(10,11)12;1-22(2,3)16-19(26)29-13-10-25(11-14-30-20(27)17-23(4,5)6)12-15-31-21(28)18-24(7,8)9;1-14(2,3)15(4,5)13(17)21-11-10-16(6,7)9-8-12-22(18,19)20;1-12(14(2,3)4)13(16)20-10-9-15(5,6)8-7-11-21(17,18)19/h16-21H2,1-15H3;19-21H,13-18H2,1-12H3;10-18H2,1-9H3;8-12H2,1-7H3;12H,7-11H2,1-6H3. The number of quaternary nitrogens is 2. The summed E-state index contributed by atoms with van der Waals surface area (Å²) in [7, 11) is -0.651. The molecule has 0 aliphatic rings. The molecular formula is C110H213N5O28S2. The summed E-state index contributed by atoms with van der Waals surface area (Å²) >= 11 is 0. The highest BCUT2D eigenvalue weighted by molar-refractivity contribution is 7.85. The number of carbonyl (C=O) groups excluding carboxylic acids is 11. The van der Waals surface area contributed by atoms with Gasteiger partial charge < -0.3 is 70.2 Å². The molecule has 0 rings (SSSR count). The molecule has 0 saturated heterocycles. The number of carbonyl (C=O) groups is 11. The summed E-state index contributed by atoms with van der Waals surface area (Å²) in [5, 5.41) is 0. The maximum Gasteiger partial charge on any atom is 0.312 e. The van der Waals surface area contributed by atoms with Crippen molar-refractivity contribution in [1.29, 1.82) is 0 Å². The minimum Gasteiger partial charge on any atom is -0.748 e. The highest BCUT2D eigenvalue weighted by Gasteiger charge is 2.46. The molecule has 145 heavy (non-hydrogen) atoms. The van der Waals surface area contributed by atoms with Crippen LogP contribution < -0.4 is 0 Å². The second-order valence-electron chi connectivity index (χ2n) is 54.5. The van der Waals surface area contributed by atoms with Crippen LogP contribution in [0.15, 0.2) is 0 Å². The Morgan fingerprint density at radius 2 is 0.393 bits per heavy atom. The van der Waals surface area contributed by atoms with Gasteiger partial charge in [0.05, 0.1) is 126 Å². The average molecular weight is 2120 g/mol. The molecule has 0 amide bonds. The van der Waals surface area contributed by atoms with Crippen LogP contribution in [0.3, 0.4) is 0 Å². The molecule has 4 atom stereocenters. The Morgan fingerprint density at radius 1 is 0.241 bits per heavy atom. The van der Waals surface area contributed by atoms with Crippen molar-refractivity contribution in [3.63, 3.8) is 0 Å². The maximum atomic E-state index is 12.7. The molecule has 35 heteroatoms. The molecule has 0 aromatic heterocycles. The van der Waals surface area contributed by atoms with Gasteiger partial charge in [-0.2, -0.15) is 0 Å². The summed E-state index contributed by atoms with van der Waals surface area (Å²) in [6.45, 7) is 97.4. The first-order valence-electron chi connectivity index (χ1n) is 51.9. The molecule has 0 spiro atoms. The molecule has 0 radical (unpaired) electrons. The summed E-state index contributed by atoms with van der Waals surface area (Å²) < 4.78 is 124. The second-order valence-corrected chi connectivity index (χ2v) is 57.5. The van der Waals surface area contributed by atoms with E-state index in [1.807, 2.05) is 354 Å². The van der Waals surface area contributed by atoms with E-state index in [9.17, 15) is 78.7 Å². The van der Waals surface area contributed by atoms with E-state index in [2.05, 4.69) is 0 Å². The largest absolute Gasteiger partial charge is 0.748 e. The van der Waals surface area contributed by atoms with Crippen molar-refractivity contribution < 1.29 is 140 Å². The van der Waals surface area contributed by atoms with Crippen molar-refractivity contribution in [2.45, 2.75) is 344 Å². The van der Waals surface area contributed by atoms with Crippen LogP contribution in [-0.4, -0.2) is 313 Å². The zero-order valence-electron chi connectivity index (χ0n) is 101. The quantitative estimate of drug-likeness (QED) is 0.0236. The number of nitrogens with zero attached hydrogens (tertiary/aromatic N) is 5. The summed E-state index contributed by atoms with van der Waals surface area (Å²) in [4.78, 5) is 141. The Labute approximate surface area is 881 Å². The molecule has 0 aliphatic carbocycles. The normalized spacial score (nSPS) is 14.1. The zero-order chi connectivity index (χ0) is 116. The Hall–Kier alpha value is -6.21. The number of likely N-dealkylation sites (N-methyl/N-ethyl adjacent to an activating group) is 2. The molecule has 0 aromatic rings. The fourth-order valence-electron chi connectivity index (χ4n) is 11.2. The second kappa shape index (κ2) is 62.1. The topological polar surface area (TPSA) is 413 Å². The molecule has 33 nitrogen and oxygen atoms in total. The number of hydrogen-bond donors (Lipinski definition) is 0. The minimum atomic E-state index is -4.16. The van der Waals surface area contributed by atoms with E-state index in [1.54, 1.807) is 0 Å². The SMILES string of the molecule is CC(C(=O)OCCN(CCOC(=O)C(C)C(C)(C)C)CCOC(=O)C(C)C(C)(C)C)C(C)(C)C.CC(C(=O)OCC[N+](C)(C)CCCS(=O)(=O)[O-])C(C)(C)C.CC(C)(C)C(C)(C)C(=O)OCCN(CCOC(=O)C(C)(C)C(C)(C)C)CCOC(=O)C(C)(C)C(C)(C)C.CC(C)(C)C(C)(C)C(=O)OCC[N+](C)(C)CCCS(=O)(=O)[O-].CC(C)(C)CC(=O)OCCN(CCOC(=O)CC(C)(C)C)CCOC(=O)CC(C)(C)C. The summed E-state index contributed by atoms with van der Waals surface area (Å²) in [6, 6.07) is 0. The summed E-state index contributed by atoms with van der Waals surface area (Å²) in [5.74, 6) is -4.17. The van der Waals surface area contributed by atoms with Gasteiger partial charge in [-0.3, -0.25) is 67.4 Å². The molecule has 4 unspecified atom stereocenters. The predicted molar refractivity (Wildman–Crippen MR) is 572 cm³/mol. The maximum absolute atomic E-state index is 12.7. The number of rotatable bonds is 52. The van der Waals surface area contributed by atoms with Gasteiger partial charge in [0.1, 0.15) is 85.8 Å². The molecule has 858 valence electrons. The van der Waals surface area contributed by atoms with Crippen LogP contribution in [0, 0.1) is 105 Å². The van der Waals surface area contributed by atoms with Crippen molar-refractivity contribution in [2.75, 3.05) is 197 Å². The number of ether oxygens (including phenoxy) is 11. The van der Waals surface area contributed by atoms with Crippen LogP contribution in [-0.2, 0) is 125 Å². The number of esters is 11. The fraction of sp³-hybridized carbons (Fsp3) is 0.900. The van der Waals surface area contributed by atoms with E-state index in [1.165, 1.54) is 0 Å². The third-order valence-corrected chi connectivity index (χ3v) is 29.8. The Morgan fingerprint density at radius 3 is 0.552 bits per heavy atom. The lowest BCUT2D eigenvalue weighted by atomic mass is 9.69. The van der Waals surface area contributed by atoms with E-state index < -0.39 is 41.9 Å². The smallest absolute Gasteiger partial charge is 0.312 e. The van der Waals surface area contributed by atoms with Crippen molar-refractivity contribution in [3.05, 3.63) is 0 Å². The lowest BCUT2D eigenvalue weighted by Crippen LogP contribution is -2.45. The van der Waals surface area contributed by atoms with E-state index in [0.29, 0.717) is 126 Å². The third-order valence-electron chi connectivity index (χ3n) is 28.3. The van der Waals surface area contributed by atoms with E-state index >= 15 is 0 Å². The first-order valence-corrected chi connectivity index (χ1v) is 55.0. The van der Waals surface area contributed by atoms with Crippen LogP contribution in [0.2, 0.25) is 0 Å². The number of hydrogen-bond acceptors (Lipinski definition) is 31. The van der Waals surface area contributed by atoms with Crippen molar-refractivity contribution in [1.82, 2.24) is 14.7 Å². The Bertz CT molecular complexity index is 3840. The van der Waals surface area contributed by atoms with Gasteiger partial charge in [0.2, 0.25) is 0 Å². The van der Waals surface area contributed by atoms with Crippen molar-refractivity contribution >= 4 is 85.9 Å². The Kier molecular flexibility index (Phi) is 63.0. The van der Waals surface area contributed by atoms with Crippen molar-refractivity contribution in [2.24, 2.45) is 105 Å². The first-order chi connectivity index (χ1) is 64.4. The predicted octanol–water partition coefficient (Wildman–Crippen LogP) is 18.2. The third kappa shape index (κ3) is 68.4. The van der Waals surface area contributed by atoms with Gasteiger partial charge >= 0.3 is 65.7 Å². The zero-order valence-corrected chi connectivity index (χ0v) is 102. The minimum absolute atomic E-state index is 0.126. The van der Waals surface area contributed by atoms with E-state index in [-0.39, 0.29) is 233 Å². The average Bonchev–Trinajstić information content (AvgIpc) is 0.823. The fourth-order valence-corrected chi connectivity index (χ4v) is 12.1. The van der Waals surface area contributed by atoms with E-state index in [4.69, 9.17) is 52.1 Å². The molecule has 0 aromatic carbocycles. The van der Waals surface area contributed by atoms with Crippen LogP contribution in [0.4, 0.5) is 0 Å². The first kappa shape index (κ1) is 147. The highest BCUT2D eigenvalue weighted by atomic mass is 32.2. The van der Waals surface area contributed by atoms with Crippen LogP contribution in [0.5, 0.6) is 0 Å². The van der Waals surface area contributed by atoms with Gasteiger partial charge in [-0.05, 0) is 115 Å². The van der Waals surface area contributed by atoms with Crippen LogP contribution >= 0.6 is 0 Å². The van der Waals surface area contributed by atoms with Crippen molar-refractivity contribution in [3.8, 4) is 0 Å². The van der Waals surface area contributed by atoms with Gasteiger partial charge in [-0.1, -0.05) is 256 Å². The van der Waals surface area contributed by atoms with Gasteiger partial charge in [-0.25, -0.2) is 16.8 Å².